The molecular formula is C29H33ClFN5O3. The van der Waals surface area contributed by atoms with Crippen LogP contribution in [-0.4, -0.2) is 59.7 Å². The molecular weight excluding hydrogens is 521 g/mol. The quantitative estimate of drug-likeness (QED) is 0.294. The summed E-state index contributed by atoms with van der Waals surface area (Å²) in [5, 5.41) is 6.84. The summed E-state index contributed by atoms with van der Waals surface area (Å²) in [7, 11) is 2.02. The van der Waals surface area contributed by atoms with Gasteiger partial charge >= 0.3 is 0 Å². The third-order valence-corrected chi connectivity index (χ3v) is 7.29. The lowest BCUT2D eigenvalue weighted by Crippen LogP contribution is -2.28. The molecule has 8 nitrogen and oxygen atoms in total. The summed E-state index contributed by atoms with van der Waals surface area (Å²) in [6, 6.07) is 7.99. The van der Waals surface area contributed by atoms with Gasteiger partial charge in [0.15, 0.2) is 0 Å². The minimum Gasteiger partial charge on any atom is -0.488 e. The summed E-state index contributed by atoms with van der Waals surface area (Å²) >= 11 is 5.96. The zero-order valence-electron chi connectivity index (χ0n) is 22.0. The Morgan fingerprint density at radius 2 is 2.05 bits per heavy atom. The number of carbonyl (C=O) groups excluding carboxylic acids is 1. The molecule has 1 saturated carbocycles. The molecule has 1 saturated heterocycles. The fourth-order valence-electron chi connectivity index (χ4n) is 5.00. The molecule has 1 aliphatic carbocycles. The second-order valence-corrected chi connectivity index (χ2v) is 10.5. The predicted molar refractivity (Wildman–Crippen MR) is 151 cm³/mol. The van der Waals surface area contributed by atoms with E-state index in [1.54, 1.807) is 6.07 Å². The number of hydrogen-bond acceptors (Lipinski definition) is 7. The minimum absolute atomic E-state index is 0.00626. The molecule has 5 rings (SSSR count). The molecule has 1 aliphatic heterocycles. The number of hydrogen-bond donors (Lipinski definition) is 2. The first-order chi connectivity index (χ1) is 18.9. The number of ether oxygens (including phenoxy) is 2. The summed E-state index contributed by atoms with van der Waals surface area (Å²) in [4.78, 5) is 23.9. The summed E-state index contributed by atoms with van der Waals surface area (Å²) in [6.07, 6.45) is 11.6. The molecule has 1 aromatic heterocycles. The third kappa shape index (κ3) is 7.23. The maximum atomic E-state index is 13.6. The second kappa shape index (κ2) is 12.7. The monoisotopic (exact) mass is 553 g/mol. The minimum atomic E-state index is -0.500. The van der Waals surface area contributed by atoms with E-state index in [2.05, 4.69) is 25.5 Å². The van der Waals surface area contributed by atoms with Gasteiger partial charge in [0, 0.05) is 42.9 Å². The van der Waals surface area contributed by atoms with Crippen LogP contribution in [0.2, 0.25) is 5.02 Å². The van der Waals surface area contributed by atoms with Crippen LogP contribution in [0.15, 0.2) is 48.8 Å². The van der Waals surface area contributed by atoms with Crippen LogP contribution in [0.3, 0.4) is 0 Å². The van der Waals surface area contributed by atoms with Crippen molar-refractivity contribution >= 4 is 45.6 Å². The highest BCUT2D eigenvalue weighted by Crippen LogP contribution is 2.36. The molecule has 2 aliphatic rings. The normalized spacial score (nSPS) is 17.9. The SMILES string of the molecule is CN(CC=CC(=O)Nc1cc2c(Nc3ccc(F)c(Cl)c3)ncnc2cc1OC1CCCC1)CC1CCCO1. The molecule has 1 atom stereocenters. The molecule has 3 aromatic rings. The van der Waals surface area contributed by atoms with E-state index in [1.807, 2.05) is 25.3 Å². The van der Waals surface area contributed by atoms with E-state index in [0.717, 1.165) is 51.7 Å². The number of anilines is 3. The van der Waals surface area contributed by atoms with Crippen molar-refractivity contribution in [1.29, 1.82) is 0 Å². The van der Waals surface area contributed by atoms with Gasteiger partial charge in [-0.2, -0.15) is 0 Å². The van der Waals surface area contributed by atoms with Crippen LogP contribution >= 0.6 is 11.6 Å². The number of halogens is 2. The molecule has 0 bridgehead atoms. The van der Waals surface area contributed by atoms with Crippen molar-refractivity contribution in [2.24, 2.45) is 0 Å². The van der Waals surface area contributed by atoms with Crippen molar-refractivity contribution < 1.29 is 18.7 Å². The summed E-state index contributed by atoms with van der Waals surface area (Å²) in [6.45, 7) is 2.30. The zero-order valence-corrected chi connectivity index (χ0v) is 22.7. The first kappa shape index (κ1) is 27.3. The van der Waals surface area contributed by atoms with Crippen LogP contribution < -0.4 is 15.4 Å². The fraction of sp³-hybridized carbons (Fsp3) is 0.414. The van der Waals surface area contributed by atoms with Crippen molar-refractivity contribution in [2.75, 3.05) is 37.4 Å². The van der Waals surface area contributed by atoms with E-state index in [1.165, 1.54) is 24.5 Å². The van der Waals surface area contributed by atoms with Crippen molar-refractivity contribution in [3.05, 3.63) is 59.7 Å². The van der Waals surface area contributed by atoms with Crippen molar-refractivity contribution in [3.8, 4) is 5.75 Å². The average molecular weight is 554 g/mol. The topological polar surface area (TPSA) is 88.6 Å². The lowest BCUT2D eigenvalue weighted by molar-refractivity contribution is -0.111. The highest BCUT2D eigenvalue weighted by molar-refractivity contribution is 6.31. The predicted octanol–water partition coefficient (Wildman–Crippen LogP) is 6.09. The van der Waals surface area contributed by atoms with Crippen molar-refractivity contribution in [2.45, 2.75) is 50.7 Å². The van der Waals surface area contributed by atoms with Gasteiger partial charge in [-0.3, -0.25) is 4.79 Å². The van der Waals surface area contributed by atoms with E-state index < -0.39 is 5.82 Å². The van der Waals surface area contributed by atoms with Crippen LogP contribution in [0.25, 0.3) is 10.9 Å². The number of benzene rings is 2. The fourth-order valence-corrected chi connectivity index (χ4v) is 5.18. The van der Waals surface area contributed by atoms with Crippen LogP contribution in [0.5, 0.6) is 5.75 Å². The molecule has 2 N–H and O–H groups in total. The van der Waals surface area contributed by atoms with Gasteiger partial charge in [0.2, 0.25) is 5.91 Å². The Kier molecular flexibility index (Phi) is 8.91. The van der Waals surface area contributed by atoms with Crippen LogP contribution in [-0.2, 0) is 9.53 Å². The Morgan fingerprint density at radius 3 is 2.82 bits per heavy atom. The molecule has 10 heteroatoms. The summed E-state index contributed by atoms with van der Waals surface area (Å²) < 4.78 is 25.7. The molecule has 1 amide bonds. The number of carbonyl (C=O) groups is 1. The summed E-state index contributed by atoms with van der Waals surface area (Å²) in [5.41, 5.74) is 1.76. The van der Waals surface area contributed by atoms with Crippen LogP contribution in [0, 0.1) is 5.82 Å². The zero-order chi connectivity index (χ0) is 27.2. The molecule has 0 radical (unpaired) electrons. The van der Waals surface area contributed by atoms with Gasteiger partial charge in [-0.25, -0.2) is 14.4 Å². The van der Waals surface area contributed by atoms with E-state index in [4.69, 9.17) is 21.1 Å². The number of nitrogens with one attached hydrogen (secondary N) is 2. The highest BCUT2D eigenvalue weighted by atomic mass is 35.5. The molecule has 39 heavy (non-hydrogen) atoms. The number of likely N-dealkylation sites (N-methyl/N-ethyl adjacent to an activating group) is 1. The smallest absolute Gasteiger partial charge is 0.248 e. The first-order valence-corrected chi connectivity index (χ1v) is 13.8. The van der Waals surface area contributed by atoms with Gasteiger partial charge in [-0.1, -0.05) is 17.7 Å². The van der Waals surface area contributed by atoms with E-state index in [-0.39, 0.29) is 23.1 Å². The Labute approximate surface area is 232 Å². The number of nitrogens with zero attached hydrogens (tertiary/aromatic N) is 3. The number of amides is 1. The Balaban J connectivity index is 1.36. The Hall–Kier alpha value is -3.27. The van der Waals surface area contributed by atoms with Crippen LogP contribution in [0.1, 0.15) is 38.5 Å². The Morgan fingerprint density at radius 1 is 1.21 bits per heavy atom. The van der Waals surface area contributed by atoms with Gasteiger partial charge in [-0.15, -0.1) is 0 Å². The van der Waals surface area contributed by atoms with Gasteiger partial charge in [0.05, 0.1) is 28.4 Å². The molecule has 2 aromatic carbocycles. The maximum absolute atomic E-state index is 13.6. The van der Waals surface area contributed by atoms with Gasteiger partial charge in [0.25, 0.3) is 0 Å². The molecule has 2 fully saturated rings. The lowest BCUT2D eigenvalue weighted by atomic mass is 10.1. The molecule has 1 unspecified atom stereocenters. The van der Waals surface area contributed by atoms with E-state index in [0.29, 0.717) is 40.4 Å². The maximum Gasteiger partial charge on any atom is 0.248 e. The van der Waals surface area contributed by atoms with E-state index in [9.17, 15) is 9.18 Å². The Bertz CT molecular complexity index is 1340. The summed E-state index contributed by atoms with van der Waals surface area (Å²) in [5.74, 6) is 0.311. The largest absolute Gasteiger partial charge is 0.488 e. The number of rotatable bonds is 10. The standard InChI is InChI=1S/C29H33ClFN5O3/c1-36(17-21-8-5-13-38-21)12-4-9-28(37)35-26-15-22-25(16-27(26)39-20-6-2-3-7-20)32-18-33-29(22)34-19-10-11-24(31)23(30)14-19/h4,9-11,14-16,18,20-21H,2-3,5-8,12-13,17H2,1H3,(H,35,37)(H,32,33,34). The first-order valence-electron chi connectivity index (χ1n) is 13.4. The number of aromatic nitrogens is 2. The second-order valence-electron chi connectivity index (χ2n) is 10.1. The molecule has 206 valence electrons. The van der Waals surface area contributed by atoms with Gasteiger partial charge in [-0.05, 0) is 69.8 Å². The molecule has 0 spiro atoms. The van der Waals surface area contributed by atoms with Gasteiger partial charge < -0.3 is 25.0 Å². The molecule has 2 heterocycles. The highest BCUT2D eigenvalue weighted by Gasteiger charge is 2.20. The average Bonchev–Trinajstić information content (AvgIpc) is 3.62. The van der Waals surface area contributed by atoms with Gasteiger partial charge in [0.1, 0.15) is 23.7 Å². The van der Waals surface area contributed by atoms with Crippen molar-refractivity contribution in [1.82, 2.24) is 14.9 Å². The lowest BCUT2D eigenvalue weighted by Gasteiger charge is -2.19. The third-order valence-electron chi connectivity index (χ3n) is 7.00. The number of fused-ring (bicyclic) bond motifs is 1. The van der Waals surface area contributed by atoms with Crippen LogP contribution in [0.4, 0.5) is 21.6 Å². The van der Waals surface area contributed by atoms with E-state index >= 15 is 0 Å². The van der Waals surface area contributed by atoms with Crippen molar-refractivity contribution in [3.63, 3.8) is 0 Å².